The lowest BCUT2D eigenvalue weighted by Gasteiger charge is -2.22. The van der Waals surface area contributed by atoms with Gasteiger partial charge in [-0.1, -0.05) is 79.5 Å². The molecule has 0 heterocycles. The number of hydrogen-bond donors (Lipinski definition) is 0. The van der Waals surface area contributed by atoms with Crippen LogP contribution in [0.15, 0.2) is 60.2 Å². The first-order valence-electron chi connectivity index (χ1n) is 11.9. The fourth-order valence-corrected chi connectivity index (χ4v) is 5.76. The van der Waals surface area contributed by atoms with E-state index < -0.39 is 0 Å². The second-order valence-corrected chi connectivity index (χ2v) is 9.80. The molecule has 154 valence electrons. The van der Waals surface area contributed by atoms with E-state index in [0.717, 1.165) is 12.3 Å². The molecule has 5 rings (SSSR count). The monoisotopic (exact) mass is 394 g/mol. The van der Waals surface area contributed by atoms with Crippen molar-refractivity contribution in [2.45, 2.75) is 77.6 Å². The predicted molar refractivity (Wildman–Crippen MR) is 130 cm³/mol. The standard InChI is InChI=1S/C30H34/c1-20-16-28(26-14-12-25(13-15-26)23-8-5-4-6-9-23)19-29(20)30-21(2)17-27(18-22(30)3)24-10-7-11-24/h7,10,12-15,17-19,23-24H,4-6,8-9,11,16H2,1-3H3. The minimum absolute atomic E-state index is 0.629. The van der Waals surface area contributed by atoms with Crippen LogP contribution in [-0.2, 0) is 0 Å². The molecule has 1 unspecified atom stereocenters. The minimum atomic E-state index is 0.629. The molecular weight excluding hydrogens is 360 g/mol. The second-order valence-electron chi connectivity index (χ2n) is 9.80. The molecule has 1 atom stereocenters. The van der Waals surface area contributed by atoms with E-state index in [2.05, 4.69) is 75.4 Å². The fraction of sp³-hybridized carbons (Fsp3) is 0.400. The summed E-state index contributed by atoms with van der Waals surface area (Å²) in [7, 11) is 0. The van der Waals surface area contributed by atoms with Crippen LogP contribution >= 0.6 is 0 Å². The molecule has 0 radical (unpaired) electrons. The van der Waals surface area contributed by atoms with Crippen LogP contribution in [0.25, 0.3) is 11.1 Å². The van der Waals surface area contributed by atoms with Gasteiger partial charge in [0.2, 0.25) is 0 Å². The Kier molecular flexibility index (Phi) is 5.27. The molecule has 30 heavy (non-hydrogen) atoms. The highest BCUT2D eigenvalue weighted by Crippen LogP contribution is 2.41. The first-order chi connectivity index (χ1) is 14.6. The SMILES string of the molecule is CC1=C(c2c(C)cc(C3C=CC3)cc2C)C=C(c2ccc(C3CCCCC3)cc2)C1. The molecular formula is C30H34. The average Bonchev–Trinajstić information content (AvgIpc) is 3.08. The van der Waals surface area contributed by atoms with E-state index in [1.165, 1.54) is 83.1 Å². The van der Waals surface area contributed by atoms with Crippen LogP contribution in [-0.4, -0.2) is 0 Å². The first-order valence-corrected chi connectivity index (χ1v) is 11.9. The Bertz CT molecular complexity index is 1010. The van der Waals surface area contributed by atoms with Gasteiger partial charge < -0.3 is 0 Å². The van der Waals surface area contributed by atoms with Gasteiger partial charge in [0.25, 0.3) is 0 Å². The molecule has 2 aromatic carbocycles. The predicted octanol–water partition coefficient (Wildman–Crippen LogP) is 8.66. The zero-order chi connectivity index (χ0) is 20.7. The van der Waals surface area contributed by atoms with E-state index in [4.69, 9.17) is 0 Å². The van der Waals surface area contributed by atoms with E-state index in [-0.39, 0.29) is 0 Å². The average molecular weight is 395 g/mol. The van der Waals surface area contributed by atoms with E-state index in [1.54, 1.807) is 5.56 Å². The molecule has 0 saturated heterocycles. The normalized spacial score (nSPS) is 21.7. The topological polar surface area (TPSA) is 0 Å². The highest BCUT2D eigenvalue weighted by atomic mass is 14.3. The molecule has 0 amide bonds. The van der Waals surface area contributed by atoms with Crippen molar-refractivity contribution in [2.24, 2.45) is 0 Å². The number of rotatable bonds is 4. The van der Waals surface area contributed by atoms with E-state index in [0.29, 0.717) is 5.92 Å². The first kappa shape index (κ1) is 19.6. The lowest BCUT2D eigenvalue weighted by atomic mass is 9.83. The molecule has 0 aliphatic heterocycles. The Morgan fingerprint density at radius 2 is 1.47 bits per heavy atom. The quantitative estimate of drug-likeness (QED) is 0.455. The maximum absolute atomic E-state index is 2.46. The summed E-state index contributed by atoms with van der Waals surface area (Å²) in [5, 5.41) is 0. The minimum Gasteiger partial charge on any atom is -0.0870 e. The van der Waals surface area contributed by atoms with E-state index >= 15 is 0 Å². The maximum Gasteiger partial charge on any atom is 0.00526 e. The van der Waals surface area contributed by atoms with Gasteiger partial charge in [0.05, 0.1) is 0 Å². The van der Waals surface area contributed by atoms with Gasteiger partial charge in [0.15, 0.2) is 0 Å². The van der Waals surface area contributed by atoms with Gasteiger partial charge in [0.1, 0.15) is 0 Å². The maximum atomic E-state index is 2.46. The van der Waals surface area contributed by atoms with E-state index in [9.17, 15) is 0 Å². The largest absolute Gasteiger partial charge is 0.0870 e. The molecule has 2 aromatic rings. The van der Waals surface area contributed by atoms with Crippen LogP contribution in [0.5, 0.6) is 0 Å². The Hall–Kier alpha value is -2.34. The summed E-state index contributed by atoms with van der Waals surface area (Å²) in [6, 6.07) is 14.4. The number of hydrogen-bond acceptors (Lipinski definition) is 0. The Morgan fingerprint density at radius 1 is 0.800 bits per heavy atom. The van der Waals surface area contributed by atoms with Crippen molar-refractivity contribution < 1.29 is 0 Å². The Balaban J connectivity index is 1.40. The third kappa shape index (κ3) is 3.62. The number of aryl methyl sites for hydroxylation is 2. The molecule has 0 spiro atoms. The summed E-state index contributed by atoms with van der Waals surface area (Å²) >= 11 is 0. The van der Waals surface area contributed by atoms with Crippen molar-refractivity contribution in [3.8, 4) is 0 Å². The van der Waals surface area contributed by atoms with Gasteiger partial charge >= 0.3 is 0 Å². The zero-order valence-electron chi connectivity index (χ0n) is 18.8. The van der Waals surface area contributed by atoms with Gasteiger partial charge in [-0.05, 0) is 96.9 Å². The third-order valence-corrected chi connectivity index (χ3v) is 7.60. The van der Waals surface area contributed by atoms with E-state index in [1.807, 2.05) is 0 Å². The van der Waals surface area contributed by atoms with Crippen LogP contribution in [0.4, 0.5) is 0 Å². The molecule has 0 heteroatoms. The lowest BCUT2D eigenvalue weighted by Crippen LogP contribution is -2.04. The highest BCUT2D eigenvalue weighted by molar-refractivity contribution is 5.93. The van der Waals surface area contributed by atoms with Crippen molar-refractivity contribution in [2.75, 3.05) is 0 Å². The molecule has 3 aliphatic carbocycles. The number of benzene rings is 2. The molecule has 0 aromatic heterocycles. The van der Waals surface area contributed by atoms with Crippen LogP contribution in [0, 0.1) is 13.8 Å². The smallest absolute Gasteiger partial charge is 0.00526 e. The van der Waals surface area contributed by atoms with Crippen molar-refractivity contribution in [3.63, 3.8) is 0 Å². The van der Waals surface area contributed by atoms with Gasteiger partial charge in [-0.25, -0.2) is 0 Å². The van der Waals surface area contributed by atoms with Crippen LogP contribution in [0.1, 0.15) is 97.1 Å². The Labute approximate surface area is 182 Å². The zero-order valence-corrected chi connectivity index (χ0v) is 18.8. The van der Waals surface area contributed by atoms with Crippen molar-refractivity contribution in [3.05, 3.63) is 93.6 Å². The summed E-state index contributed by atoms with van der Waals surface area (Å²) in [6.07, 6.45) is 16.3. The summed E-state index contributed by atoms with van der Waals surface area (Å²) in [4.78, 5) is 0. The third-order valence-electron chi connectivity index (χ3n) is 7.60. The summed E-state index contributed by atoms with van der Waals surface area (Å²) in [5.41, 5.74) is 13.2. The van der Waals surface area contributed by atoms with Gasteiger partial charge in [0, 0.05) is 5.92 Å². The second kappa shape index (κ2) is 8.06. The van der Waals surface area contributed by atoms with Gasteiger partial charge in [-0.3, -0.25) is 0 Å². The summed E-state index contributed by atoms with van der Waals surface area (Å²) in [6.45, 7) is 6.90. The van der Waals surface area contributed by atoms with Crippen molar-refractivity contribution >= 4 is 11.1 Å². The van der Waals surface area contributed by atoms with Crippen molar-refractivity contribution in [1.82, 2.24) is 0 Å². The Morgan fingerprint density at radius 3 is 2.07 bits per heavy atom. The molecule has 1 fully saturated rings. The lowest BCUT2D eigenvalue weighted by molar-refractivity contribution is 0.443. The van der Waals surface area contributed by atoms with Gasteiger partial charge in [-0.15, -0.1) is 0 Å². The van der Waals surface area contributed by atoms with Gasteiger partial charge in [-0.2, -0.15) is 0 Å². The molecule has 0 nitrogen and oxygen atoms in total. The van der Waals surface area contributed by atoms with Crippen LogP contribution in [0.2, 0.25) is 0 Å². The van der Waals surface area contributed by atoms with Crippen molar-refractivity contribution in [1.29, 1.82) is 0 Å². The highest BCUT2D eigenvalue weighted by Gasteiger charge is 2.21. The number of allylic oxidation sites excluding steroid dienone is 6. The van der Waals surface area contributed by atoms with Crippen LogP contribution < -0.4 is 0 Å². The molecule has 1 saturated carbocycles. The molecule has 0 bridgehead atoms. The molecule has 3 aliphatic rings. The summed E-state index contributed by atoms with van der Waals surface area (Å²) in [5.74, 6) is 1.42. The summed E-state index contributed by atoms with van der Waals surface area (Å²) < 4.78 is 0. The van der Waals surface area contributed by atoms with Crippen LogP contribution in [0.3, 0.4) is 0 Å². The molecule has 0 N–H and O–H groups in total. The fourth-order valence-electron chi connectivity index (χ4n) is 5.76.